The molecule has 3 aliphatic heterocycles. The number of carbonyl (C=O) groups is 2. The van der Waals surface area contributed by atoms with Crippen LogP contribution >= 0.6 is 0 Å². The van der Waals surface area contributed by atoms with E-state index in [0.29, 0.717) is 55.7 Å². The molecule has 3 aliphatic rings. The summed E-state index contributed by atoms with van der Waals surface area (Å²) in [5.41, 5.74) is 0.431. The van der Waals surface area contributed by atoms with Gasteiger partial charge in [0, 0.05) is 44.3 Å². The molecule has 10 heteroatoms. The highest BCUT2D eigenvalue weighted by molar-refractivity contribution is 5.94. The molecule has 1 aromatic carbocycles. The van der Waals surface area contributed by atoms with E-state index in [2.05, 4.69) is 10.1 Å². The minimum atomic E-state index is -1.01. The average molecular weight is 453 g/mol. The van der Waals surface area contributed by atoms with E-state index < -0.39 is 29.5 Å². The number of likely N-dealkylation sites (tertiary alicyclic amines) is 1. The van der Waals surface area contributed by atoms with Gasteiger partial charge in [-0.3, -0.25) is 9.59 Å². The molecule has 0 saturated carbocycles. The van der Waals surface area contributed by atoms with Crippen molar-refractivity contribution in [3.8, 4) is 0 Å². The summed E-state index contributed by atoms with van der Waals surface area (Å²) in [6.45, 7) is 0.713. The summed E-state index contributed by atoms with van der Waals surface area (Å²) >= 11 is 0. The van der Waals surface area contributed by atoms with Crippen LogP contribution in [0.25, 0.3) is 5.65 Å². The van der Waals surface area contributed by atoms with Crippen LogP contribution < -0.4 is 0 Å². The topological polar surface area (TPSA) is 80.0 Å². The van der Waals surface area contributed by atoms with Crippen molar-refractivity contribution in [1.29, 1.82) is 0 Å². The number of nitrogens with zero attached hydrogens (tertiary/aromatic N) is 5. The summed E-state index contributed by atoms with van der Waals surface area (Å²) in [4.78, 5) is 34.1. The number of carbonyl (C=O) groups excluding carboxylic acids is 2. The maximum Gasteiger partial charge on any atom is 0.272 e. The number of fused-ring (bicyclic) bond motifs is 2. The van der Waals surface area contributed by atoms with Gasteiger partial charge in [-0.05, 0) is 36.6 Å². The van der Waals surface area contributed by atoms with Crippen molar-refractivity contribution in [3.63, 3.8) is 0 Å². The largest absolute Gasteiger partial charge is 0.342 e. The molecule has 0 aliphatic carbocycles. The highest BCUT2D eigenvalue weighted by atomic mass is 19.1. The van der Waals surface area contributed by atoms with Gasteiger partial charge in [0.1, 0.15) is 23.6 Å². The van der Waals surface area contributed by atoms with Gasteiger partial charge in [0.25, 0.3) is 11.8 Å². The van der Waals surface area contributed by atoms with Crippen molar-refractivity contribution in [1.82, 2.24) is 24.4 Å². The summed E-state index contributed by atoms with van der Waals surface area (Å²) in [6.07, 6.45) is 4.66. The van der Waals surface area contributed by atoms with Gasteiger partial charge in [-0.15, -0.1) is 0 Å². The first kappa shape index (κ1) is 20.2. The van der Waals surface area contributed by atoms with E-state index in [9.17, 15) is 18.4 Å². The number of benzene rings is 1. The molecule has 0 bridgehead atoms. The Balaban J connectivity index is 1.20. The van der Waals surface area contributed by atoms with Crippen molar-refractivity contribution >= 4 is 17.5 Å². The van der Waals surface area contributed by atoms with Gasteiger partial charge in [-0.1, -0.05) is 0 Å². The zero-order chi connectivity index (χ0) is 22.7. The summed E-state index contributed by atoms with van der Waals surface area (Å²) in [6, 6.07) is 6.31. The third-order valence-corrected chi connectivity index (χ3v) is 6.96. The number of hydrogen-bond donors (Lipinski definition) is 0. The normalized spacial score (nSPS) is 24.1. The zero-order valence-corrected chi connectivity index (χ0v) is 17.7. The van der Waals surface area contributed by atoms with Crippen LogP contribution in [0.4, 0.5) is 8.78 Å². The summed E-state index contributed by atoms with van der Waals surface area (Å²) in [7, 11) is 0. The summed E-state index contributed by atoms with van der Waals surface area (Å²) in [5.74, 6) is -1.67. The van der Waals surface area contributed by atoms with Crippen LogP contribution in [-0.2, 0) is 9.53 Å². The molecule has 2 atom stereocenters. The lowest BCUT2D eigenvalue weighted by Gasteiger charge is -2.37. The van der Waals surface area contributed by atoms with Crippen LogP contribution in [-0.4, -0.2) is 61.1 Å². The number of halogens is 2. The Morgan fingerprint density at radius 2 is 1.82 bits per heavy atom. The van der Waals surface area contributed by atoms with Crippen molar-refractivity contribution in [2.24, 2.45) is 0 Å². The lowest BCUT2D eigenvalue weighted by atomic mass is 9.89. The second-order valence-electron chi connectivity index (χ2n) is 8.80. The minimum absolute atomic E-state index is 0.162. The number of rotatable bonds is 2. The molecule has 5 heterocycles. The number of aromatic nitrogens is 3. The van der Waals surface area contributed by atoms with E-state index in [1.54, 1.807) is 34.3 Å². The van der Waals surface area contributed by atoms with E-state index in [1.165, 1.54) is 16.6 Å². The van der Waals surface area contributed by atoms with Gasteiger partial charge in [-0.25, -0.2) is 18.3 Å². The Labute approximate surface area is 187 Å². The van der Waals surface area contributed by atoms with Crippen LogP contribution in [0.1, 0.15) is 47.8 Å². The monoisotopic (exact) mass is 453 g/mol. The van der Waals surface area contributed by atoms with Gasteiger partial charge in [0.05, 0.1) is 12.2 Å². The number of piperidine rings is 1. The highest BCUT2D eigenvalue weighted by Crippen LogP contribution is 2.47. The molecule has 2 amide bonds. The van der Waals surface area contributed by atoms with Crippen LogP contribution in [0.15, 0.2) is 42.7 Å². The van der Waals surface area contributed by atoms with Crippen LogP contribution in [0.5, 0.6) is 0 Å². The SMILES string of the molecule is O=C(c1ccnc2ccnn12)N1CCC2(CC1)O[C@@H]1CC[C@@H](c3cc(F)cc(F)c3)N1C2=O. The second kappa shape index (κ2) is 7.31. The molecule has 170 valence electrons. The van der Waals surface area contributed by atoms with Crippen LogP contribution in [0.2, 0.25) is 0 Å². The van der Waals surface area contributed by atoms with Crippen LogP contribution in [0, 0.1) is 11.6 Å². The molecule has 1 spiro atoms. The quantitative estimate of drug-likeness (QED) is 0.596. The predicted octanol–water partition coefficient (Wildman–Crippen LogP) is 2.70. The van der Waals surface area contributed by atoms with Crippen molar-refractivity contribution in [3.05, 3.63) is 65.6 Å². The van der Waals surface area contributed by atoms with E-state index in [4.69, 9.17) is 4.74 Å². The maximum absolute atomic E-state index is 13.8. The van der Waals surface area contributed by atoms with Crippen molar-refractivity contribution in [2.45, 2.75) is 43.6 Å². The predicted molar refractivity (Wildman–Crippen MR) is 111 cm³/mol. The van der Waals surface area contributed by atoms with Gasteiger partial charge in [0.15, 0.2) is 11.2 Å². The third-order valence-electron chi connectivity index (χ3n) is 6.96. The summed E-state index contributed by atoms with van der Waals surface area (Å²) < 4.78 is 35.3. The Morgan fingerprint density at radius 3 is 2.58 bits per heavy atom. The maximum atomic E-state index is 13.8. The van der Waals surface area contributed by atoms with Gasteiger partial charge >= 0.3 is 0 Å². The van der Waals surface area contributed by atoms with Gasteiger partial charge < -0.3 is 14.5 Å². The molecular weight excluding hydrogens is 432 g/mol. The van der Waals surface area contributed by atoms with E-state index in [0.717, 1.165) is 6.07 Å². The van der Waals surface area contributed by atoms with E-state index in [1.807, 2.05) is 0 Å². The summed E-state index contributed by atoms with van der Waals surface area (Å²) in [5, 5.41) is 4.17. The first-order valence-electron chi connectivity index (χ1n) is 11.0. The highest BCUT2D eigenvalue weighted by Gasteiger charge is 2.58. The van der Waals surface area contributed by atoms with E-state index >= 15 is 0 Å². The Hall–Kier alpha value is -3.40. The second-order valence-corrected chi connectivity index (χ2v) is 8.80. The molecule has 3 saturated heterocycles. The first-order valence-corrected chi connectivity index (χ1v) is 11.0. The lowest BCUT2D eigenvalue weighted by molar-refractivity contribution is -0.142. The Morgan fingerprint density at radius 1 is 1.06 bits per heavy atom. The van der Waals surface area contributed by atoms with Crippen molar-refractivity contribution in [2.75, 3.05) is 13.1 Å². The van der Waals surface area contributed by atoms with E-state index in [-0.39, 0.29) is 11.8 Å². The molecule has 6 rings (SSSR count). The lowest BCUT2D eigenvalue weighted by Crippen LogP contribution is -2.51. The molecule has 0 unspecified atom stereocenters. The molecule has 33 heavy (non-hydrogen) atoms. The minimum Gasteiger partial charge on any atom is -0.342 e. The molecular formula is C23H21F2N5O3. The van der Waals surface area contributed by atoms with Gasteiger partial charge in [-0.2, -0.15) is 5.10 Å². The zero-order valence-electron chi connectivity index (χ0n) is 17.7. The Bertz CT molecular complexity index is 1250. The molecule has 3 aromatic rings. The third kappa shape index (κ3) is 3.12. The fourth-order valence-corrected chi connectivity index (χ4v) is 5.37. The number of ether oxygens (including phenoxy) is 1. The Kier molecular flexibility index (Phi) is 4.48. The molecule has 8 nitrogen and oxygen atoms in total. The number of amides is 2. The van der Waals surface area contributed by atoms with Crippen LogP contribution in [0.3, 0.4) is 0 Å². The fraction of sp³-hybridized carbons (Fsp3) is 0.391. The standard InChI is InChI=1S/C23H21F2N5O3/c24-15-11-14(12-16(25)13-15)17-1-2-20-29(17)22(32)23(33-20)5-9-28(10-6-23)21(31)18-3-7-26-19-4-8-27-30(18)19/h3-4,7-8,11-13,17,20H,1-2,5-6,9-10H2/t17-,20+/m0/s1. The molecule has 3 fully saturated rings. The molecule has 2 aromatic heterocycles. The molecule has 0 radical (unpaired) electrons. The fourth-order valence-electron chi connectivity index (χ4n) is 5.37. The average Bonchev–Trinajstić information content (AvgIpc) is 3.50. The number of hydrogen-bond acceptors (Lipinski definition) is 5. The first-order chi connectivity index (χ1) is 15.9. The molecule has 0 N–H and O–H groups in total. The van der Waals surface area contributed by atoms with Gasteiger partial charge in [0.2, 0.25) is 0 Å². The smallest absolute Gasteiger partial charge is 0.272 e. The van der Waals surface area contributed by atoms with Crippen molar-refractivity contribution < 1.29 is 23.1 Å².